The molecule has 0 spiro atoms. The van der Waals surface area contributed by atoms with Crippen LogP contribution in [0.5, 0.6) is 0 Å². The van der Waals surface area contributed by atoms with Crippen molar-refractivity contribution in [2.75, 3.05) is 18.4 Å². The maximum absolute atomic E-state index is 13.0. The van der Waals surface area contributed by atoms with E-state index in [0.717, 1.165) is 6.07 Å². The Labute approximate surface area is 132 Å². The third kappa shape index (κ3) is 3.33. The van der Waals surface area contributed by atoms with Crippen molar-refractivity contribution in [1.29, 1.82) is 0 Å². The van der Waals surface area contributed by atoms with Gasteiger partial charge < -0.3 is 10.2 Å². The van der Waals surface area contributed by atoms with Crippen LogP contribution in [0.25, 0.3) is 0 Å². The Bertz CT molecular complexity index is 606. The van der Waals surface area contributed by atoms with Gasteiger partial charge in [-0.1, -0.05) is 12.1 Å². The zero-order valence-electron chi connectivity index (χ0n) is 13.0. The van der Waals surface area contributed by atoms with Gasteiger partial charge in [0.25, 0.3) is 0 Å². The van der Waals surface area contributed by atoms with Crippen LogP contribution in [0, 0.1) is 5.41 Å². The van der Waals surface area contributed by atoms with Crippen molar-refractivity contribution in [2.24, 2.45) is 5.41 Å². The van der Waals surface area contributed by atoms with Gasteiger partial charge in [0.05, 0.1) is 11.3 Å². The molecule has 1 fully saturated rings. The predicted molar refractivity (Wildman–Crippen MR) is 79.7 cm³/mol. The highest BCUT2D eigenvalue weighted by Crippen LogP contribution is 2.48. The van der Waals surface area contributed by atoms with Crippen molar-refractivity contribution >= 4 is 17.5 Å². The Kier molecular flexibility index (Phi) is 4.68. The number of halogens is 3. The first kappa shape index (κ1) is 17.3. The standard InChI is InChI=1S/C16H19F3N2O2/c1-3-21(4-2)14(23)15(9-10-15)13(22)20-12-8-6-5-7-11(12)16(17,18)19/h5-8H,3-4,9-10H2,1-2H3,(H,20,22). The molecule has 2 amide bonds. The zero-order valence-corrected chi connectivity index (χ0v) is 13.0. The maximum atomic E-state index is 13.0. The third-order valence-electron chi connectivity index (χ3n) is 4.13. The van der Waals surface area contributed by atoms with Gasteiger partial charge in [-0.15, -0.1) is 0 Å². The Hall–Kier alpha value is -2.05. The van der Waals surface area contributed by atoms with Crippen molar-refractivity contribution in [2.45, 2.75) is 32.9 Å². The minimum absolute atomic E-state index is 0.315. The normalized spacial score (nSPS) is 15.9. The number of alkyl halides is 3. The van der Waals surface area contributed by atoms with E-state index in [1.165, 1.54) is 23.1 Å². The molecule has 126 valence electrons. The largest absolute Gasteiger partial charge is 0.418 e. The summed E-state index contributed by atoms with van der Waals surface area (Å²) in [5.41, 5.74) is -2.45. The lowest BCUT2D eigenvalue weighted by molar-refractivity contribution is -0.141. The molecular weight excluding hydrogens is 309 g/mol. The predicted octanol–water partition coefficient (Wildman–Crippen LogP) is 3.29. The molecule has 0 bridgehead atoms. The molecule has 1 N–H and O–H groups in total. The van der Waals surface area contributed by atoms with Gasteiger partial charge in [-0.2, -0.15) is 13.2 Å². The number of nitrogens with one attached hydrogen (secondary N) is 1. The molecule has 4 nitrogen and oxygen atoms in total. The molecule has 0 unspecified atom stereocenters. The highest BCUT2D eigenvalue weighted by atomic mass is 19.4. The molecule has 0 radical (unpaired) electrons. The summed E-state index contributed by atoms with van der Waals surface area (Å²) >= 11 is 0. The molecule has 0 aliphatic heterocycles. The minimum atomic E-state index is -4.57. The second-order valence-corrected chi connectivity index (χ2v) is 5.56. The summed E-state index contributed by atoms with van der Waals surface area (Å²) in [5.74, 6) is -0.976. The van der Waals surface area contributed by atoms with Crippen LogP contribution in [0.2, 0.25) is 0 Å². The number of carbonyl (C=O) groups is 2. The molecule has 1 aromatic rings. The smallest absolute Gasteiger partial charge is 0.342 e. The molecule has 1 aliphatic rings. The van der Waals surface area contributed by atoms with Gasteiger partial charge in [-0.25, -0.2) is 0 Å². The van der Waals surface area contributed by atoms with Gasteiger partial charge in [-0.3, -0.25) is 9.59 Å². The lowest BCUT2D eigenvalue weighted by Gasteiger charge is -2.24. The highest BCUT2D eigenvalue weighted by Gasteiger charge is 2.58. The first-order chi connectivity index (χ1) is 10.8. The molecule has 0 aromatic heterocycles. The first-order valence-corrected chi connectivity index (χ1v) is 7.53. The van der Waals surface area contributed by atoms with Gasteiger partial charge in [0.2, 0.25) is 11.8 Å². The fraction of sp³-hybridized carbons (Fsp3) is 0.500. The topological polar surface area (TPSA) is 49.4 Å². The number of para-hydroxylation sites is 1. The summed E-state index contributed by atoms with van der Waals surface area (Å²) in [4.78, 5) is 26.4. The van der Waals surface area contributed by atoms with Crippen molar-refractivity contribution in [3.63, 3.8) is 0 Å². The Morgan fingerprint density at radius 3 is 2.22 bits per heavy atom. The number of benzene rings is 1. The van der Waals surface area contributed by atoms with Crippen LogP contribution in [0.4, 0.5) is 18.9 Å². The van der Waals surface area contributed by atoms with Gasteiger partial charge in [0, 0.05) is 13.1 Å². The number of hydrogen-bond acceptors (Lipinski definition) is 2. The summed E-state index contributed by atoms with van der Waals surface area (Å²) in [6, 6.07) is 4.77. The Morgan fingerprint density at radius 1 is 1.17 bits per heavy atom. The Balaban J connectivity index is 2.22. The third-order valence-corrected chi connectivity index (χ3v) is 4.13. The van der Waals surface area contributed by atoms with E-state index < -0.39 is 23.1 Å². The number of rotatable bonds is 5. The Morgan fingerprint density at radius 2 is 1.74 bits per heavy atom. The molecule has 2 rings (SSSR count). The minimum Gasteiger partial charge on any atom is -0.342 e. The maximum Gasteiger partial charge on any atom is 0.418 e. The molecule has 7 heteroatoms. The molecule has 1 aliphatic carbocycles. The fourth-order valence-electron chi connectivity index (χ4n) is 2.56. The monoisotopic (exact) mass is 328 g/mol. The summed E-state index contributed by atoms with van der Waals surface area (Å²) in [6.07, 6.45) is -3.84. The van der Waals surface area contributed by atoms with E-state index in [9.17, 15) is 22.8 Å². The average Bonchev–Trinajstić information content (AvgIpc) is 3.29. The van der Waals surface area contributed by atoms with E-state index in [-0.39, 0.29) is 11.6 Å². The molecule has 0 heterocycles. The van der Waals surface area contributed by atoms with E-state index in [1.807, 2.05) is 0 Å². The van der Waals surface area contributed by atoms with Crippen LogP contribution in [-0.2, 0) is 15.8 Å². The van der Waals surface area contributed by atoms with E-state index in [1.54, 1.807) is 13.8 Å². The van der Waals surface area contributed by atoms with Crippen LogP contribution in [-0.4, -0.2) is 29.8 Å². The van der Waals surface area contributed by atoms with Crippen molar-refractivity contribution < 1.29 is 22.8 Å². The second kappa shape index (κ2) is 6.22. The molecular formula is C16H19F3N2O2. The molecule has 1 aromatic carbocycles. The second-order valence-electron chi connectivity index (χ2n) is 5.56. The van der Waals surface area contributed by atoms with Gasteiger partial charge in [0.1, 0.15) is 5.41 Å². The quantitative estimate of drug-likeness (QED) is 0.843. The van der Waals surface area contributed by atoms with Crippen LogP contribution in [0.3, 0.4) is 0 Å². The molecule has 0 atom stereocenters. The van der Waals surface area contributed by atoms with Crippen molar-refractivity contribution in [3.8, 4) is 0 Å². The van der Waals surface area contributed by atoms with E-state index in [2.05, 4.69) is 5.32 Å². The van der Waals surface area contributed by atoms with Gasteiger partial charge >= 0.3 is 6.18 Å². The van der Waals surface area contributed by atoms with E-state index in [0.29, 0.717) is 25.9 Å². The molecule has 1 saturated carbocycles. The summed E-state index contributed by atoms with van der Waals surface area (Å²) in [7, 11) is 0. The first-order valence-electron chi connectivity index (χ1n) is 7.53. The highest BCUT2D eigenvalue weighted by molar-refractivity contribution is 6.13. The van der Waals surface area contributed by atoms with Crippen LogP contribution in [0.1, 0.15) is 32.3 Å². The summed E-state index contributed by atoms with van der Waals surface area (Å²) < 4.78 is 38.9. The van der Waals surface area contributed by atoms with Crippen LogP contribution in [0.15, 0.2) is 24.3 Å². The van der Waals surface area contributed by atoms with Crippen LogP contribution >= 0.6 is 0 Å². The number of hydrogen-bond donors (Lipinski definition) is 1. The lowest BCUT2D eigenvalue weighted by Crippen LogP contribution is -2.43. The van der Waals surface area contributed by atoms with Gasteiger partial charge in [-0.05, 0) is 38.8 Å². The van der Waals surface area contributed by atoms with Gasteiger partial charge in [0.15, 0.2) is 0 Å². The van der Waals surface area contributed by atoms with E-state index >= 15 is 0 Å². The van der Waals surface area contributed by atoms with Crippen LogP contribution < -0.4 is 5.32 Å². The number of nitrogens with zero attached hydrogens (tertiary/aromatic N) is 1. The zero-order chi connectivity index (χ0) is 17.3. The summed E-state index contributed by atoms with van der Waals surface area (Å²) in [5, 5.41) is 2.30. The fourth-order valence-corrected chi connectivity index (χ4v) is 2.56. The summed E-state index contributed by atoms with van der Waals surface area (Å²) in [6.45, 7) is 4.52. The SMILES string of the molecule is CCN(CC)C(=O)C1(C(=O)Nc2ccccc2C(F)(F)F)CC1. The van der Waals surface area contributed by atoms with E-state index in [4.69, 9.17) is 0 Å². The van der Waals surface area contributed by atoms with Crippen molar-refractivity contribution in [1.82, 2.24) is 4.90 Å². The number of amides is 2. The molecule has 0 saturated heterocycles. The van der Waals surface area contributed by atoms with Crippen molar-refractivity contribution in [3.05, 3.63) is 29.8 Å². The average molecular weight is 328 g/mol. The lowest BCUT2D eigenvalue weighted by atomic mass is 10.0. The number of carbonyl (C=O) groups excluding carboxylic acids is 2. The molecule has 23 heavy (non-hydrogen) atoms. The number of anilines is 1.